The third-order valence-corrected chi connectivity index (χ3v) is 6.24. The van der Waals surface area contributed by atoms with E-state index in [2.05, 4.69) is 33.6 Å². The van der Waals surface area contributed by atoms with Crippen molar-refractivity contribution in [1.29, 1.82) is 0 Å². The highest BCUT2D eigenvalue weighted by molar-refractivity contribution is 7.80. The summed E-state index contributed by atoms with van der Waals surface area (Å²) in [7, 11) is 0. The van der Waals surface area contributed by atoms with Crippen molar-refractivity contribution < 1.29 is 34.2 Å². The zero-order chi connectivity index (χ0) is 28.4. The number of aliphatic carboxylic acids is 2. The maximum atomic E-state index is 13.3. The number of para-hydroxylation sites is 1. The van der Waals surface area contributed by atoms with Gasteiger partial charge in [-0.3, -0.25) is 19.2 Å². The summed E-state index contributed by atoms with van der Waals surface area (Å²) in [5.74, 6) is -4.73. The maximum absolute atomic E-state index is 13.3. The second-order valence-corrected chi connectivity index (χ2v) is 9.80. The topological polar surface area (TPSA) is 204 Å². The molecular formula is C25H35N5O7S. The molecule has 0 spiro atoms. The number of amides is 3. The van der Waals surface area contributed by atoms with Crippen molar-refractivity contribution in [3.63, 3.8) is 0 Å². The molecule has 0 aliphatic heterocycles. The lowest BCUT2D eigenvalue weighted by atomic mass is 10.0. The highest BCUT2D eigenvalue weighted by Crippen LogP contribution is 2.19. The van der Waals surface area contributed by atoms with Crippen LogP contribution in [0.2, 0.25) is 0 Å². The average Bonchev–Trinajstić information content (AvgIpc) is 3.26. The van der Waals surface area contributed by atoms with E-state index in [1.807, 2.05) is 38.1 Å². The number of hydrogen-bond acceptors (Lipinski definition) is 7. The van der Waals surface area contributed by atoms with E-state index in [9.17, 15) is 29.1 Å². The highest BCUT2D eigenvalue weighted by Gasteiger charge is 2.31. The Labute approximate surface area is 225 Å². The van der Waals surface area contributed by atoms with Crippen LogP contribution < -0.4 is 21.7 Å². The summed E-state index contributed by atoms with van der Waals surface area (Å²) in [5.41, 5.74) is 7.41. The maximum Gasteiger partial charge on any atom is 0.327 e. The number of nitrogens with two attached hydrogens (primary N) is 1. The highest BCUT2D eigenvalue weighted by atomic mass is 32.1. The predicted octanol–water partition coefficient (Wildman–Crippen LogP) is 0.417. The van der Waals surface area contributed by atoms with Gasteiger partial charge in [-0.15, -0.1) is 0 Å². The summed E-state index contributed by atoms with van der Waals surface area (Å²) in [6, 6.07) is 2.58. The van der Waals surface area contributed by atoms with E-state index in [1.165, 1.54) is 0 Å². The fraction of sp³-hybridized carbons (Fsp3) is 0.480. The van der Waals surface area contributed by atoms with E-state index < -0.39 is 60.2 Å². The van der Waals surface area contributed by atoms with Crippen LogP contribution >= 0.6 is 12.6 Å². The zero-order valence-corrected chi connectivity index (χ0v) is 22.2. The first-order chi connectivity index (χ1) is 17.9. The summed E-state index contributed by atoms with van der Waals surface area (Å²) in [6.45, 7) is 3.76. The molecule has 0 saturated heterocycles. The first-order valence-electron chi connectivity index (χ1n) is 12.2. The fourth-order valence-corrected chi connectivity index (χ4v) is 4.14. The van der Waals surface area contributed by atoms with Crippen LogP contribution in [0, 0.1) is 5.92 Å². The summed E-state index contributed by atoms with van der Waals surface area (Å²) in [5, 5.41) is 26.7. The van der Waals surface area contributed by atoms with Crippen molar-refractivity contribution in [2.75, 3.05) is 5.75 Å². The van der Waals surface area contributed by atoms with Crippen molar-refractivity contribution in [2.45, 2.75) is 63.7 Å². The summed E-state index contributed by atoms with van der Waals surface area (Å²) in [6.07, 6.45) is 1.37. The van der Waals surface area contributed by atoms with Crippen LogP contribution in [0.1, 0.15) is 38.7 Å². The van der Waals surface area contributed by atoms with Crippen LogP contribution in [0.15, 0.2) is 30.5 Å². The molecule has 0 radical (unpaired) electrons. The number of benzene rings is 1. The lowest BCUT2D eigenvalue weighted by Crippen LogP contribution is -2.58. The molecule has 38 heavy (non-hydrogen) atoms. The minimum atomic E-state index is -1.30. The molecule has 0 aliphatic carbocycles. The number of thiol groups is 1. The van der Waals surface area contributed by atoms with Crippen LogP contribution in [0.3, 0.4) is 0 Å². The molecule has 4 atom stereocenters. The summed E-state index contributed by atoms with van der Waals surface area (Å²) >= 11 is 3.96. The van der Waals surface area contributed by atoms with Crippen LogP contribution in [0.5, 0.6) is 0 Å². The Kier molecular flexibility index (Phi) is 11.6. The number of hydrogen-bond donors (Lipinski definition) is 8. The lowest BCUT2D eigenvalue weighted by molar-refractivity contribution is -0.141. The van der Waals surface area contributed by atoms with Crippen molar-refractivity contribution in [3.8, 4) is 0 Å². The van der Waals surface area contributed by atoms with Gasteiger partial charge in [0.05, 0.1) is 6.04 Å². The van der Waals surface area contributed by atoms with E-state index in [0.29, 0.717) is 12.0 Å². The number of rotatable bonds is 15. The molecular weight excluding hydrogens is 514 g/mol. The Hall–Kier alpha value is -3.58. The molecule has 13 heteroatoms. The van der Waals surface area contributed by atoms with Crippen LogP contribution in [0.25, 0.3) is 10.9 Å². The van der Waals surface area contributed by atoms with Gasteiger partial charge in [0.25, 0.3) is 0 Å². The molecule has 0 aliphatic rings. The summed E-state index contributed by atoms with van der Waals surface area (Å²) in [4.78, 5) is 64.7. The predicted molar refractivity (Wildman–Crippen MR) is 144 cm³/mol. The van der Waals surface area contributed by atoms with Crippen molar-refractivity contribution >= 4 is 53.2 Å². The lowest BCUT2D eigenvalue weighted by Gasteiger charge is -2.25. The number of carbonyl (C=O) groups excluding carboxylic acids is 3. The Morgan fingerprint density at radius 3 is 2.16 bits per heavy atom. The molecule has 8 N–H and O–H groups in total. The molecule has 0 fully saturated rings. The van der Waals surface area contributed by atoms with Gasteiger partial charge in [0.1, 0.15) is 18.1 Å². The number of carbonyl (C=O) groups is 5. The minimum absolute atomic E-state index is 0.00699. The molecule has 3 amide bonds. The second-order valence-electron chi connectivity index (χ2n) is 9.44. The molecule has 1 aromatic heterocycles. The first kappa shape index (κ1) is 30.6. The third-order valence-electron chi connectivity index (χ3n) is 5.87. The Morgan fingerprint density at radius 1 is 0.947 bits per heavy atom. The van der Waals surface area contributed by atoms with E-state index in [4.69, 9.17) is 10.8 Å². The molecule has 0 bridgehead atoms. The van der Waals surface area contributed by atoms with Gasteiger partial charge in [0, 0.05) is 35.7 Å². The molecule has 12 nitrogen and oxygen atoms in total. The monoisotopic (exact) mass is 549 g/mol. The molecule has 0 saturated carbocycles. The number of H-pyrrole nitrogens is 1. The second kappa shape index (κ2) is 14.4. The van der Waals surface area contributed by atoms with Crippen LogP contribution in [-0.4, -0.2) is 74.8 Å². The van der Waals surface area contributed by atoms with Crippen molar-refractivity contribution in [1.82, 2.24) is 20.9 Å². The fourth-order valence-electron chi connectivity index (χ4n) is 3.89. The van der Waals surface area contributed by atoms with Crippen LogP contribution in [0.4, 0.5) is 0 Å². The largest absolute Gasteiger partial charge is 0.481 e. The van der Waals surface area contributed by atoms with E-state index in [-0.39, 0.29) is 24.5 Å². The van der Waals surface area contributed by atoms with Gasteiger partial charge in [0.15, 0.2) is 0 Å². The number of carboxylic acids is 2. The molecule has 2 aromatic rings. The molecule has 1 heterocycles. The van der Waals surface area contributed by atoms with Gasteiger partial charge in [-0.25, -0.2) is 4.79 Å². The Balaban J connectivity index is 2.30. The number of carboxylic acid groups (broad SMARTS) is 2. The van der Waals surface area contributed by atoms with E-state index in [1.54, 1.807) is 6.20 Å². The van der Waals surface area contributed by atoms with Gasteiger partial charge in [-0.05, 0) is 30.4 Å². The minimum Gasteiger partial charge on any atom is -0.481 e. The average molecular weight is 550 g/mol. The zero-order valence-electron chi connectivity index (χ0n) is 21.3. The molecule has 4 unspecified atom stereocenters. The smallest absolute Gasteiger partial charge is 0.327 e. The summed E-state index contributed by atoms with van der Waals surface area (Å²) < 4.78 is 0. The number of nitrogens with one attached hydrogen (secondary N) is 4. The molecule has 1 aromatic carbocycles. The quantitative estimate of drug-likeness (QED) is 0.146. The Bertz CT molecular complexity index is 1150. The third kappa shape index (κ3) is 9.06. The Morgan fingerprint density at radius 2 is 1.55 bits per heavy atom. The number of fused-ring (bicyclic) bond motifs is 1. The SMILES string of the molecule is CC(C)CC(N)C(=O)NC(CCC(=O)O)C(=O)NC(Cc1c[nH]c2ccccc12)C(=O)NC(CS)C(=O)O. The van der Waals surface area contributed by atoms with Gasteiger partial charge < -0.3 is 36.9 Å². The molecule has 208 valence electrons. The van der Waals surface area contributed by atoms with E-state index >= 15 is 0 Å². The standard InChI is InChI=1S/C25H35N5O7S/c1-13(2)9-16(26)22(33)28-18(7-8-21(31)32)23(34)29-19(24(35)30-20(12-38)25(36)37)10-14-11-27-17-6-4-3-5-15(14)17/h3-6,11,13,16,18-20,27,38H,7-10,12,26H2,1-2H3,(H,28,33)(H,29,34)(H,30,35)(H,31,32)(H,36,37). The number of aromatic amines is 1. The van der Waals surface area contributed by atoms with Gasteiger partial charge in [0.2, 0.25) is 17.7 Å². The van der Waals surface area contributed by atoms with E-state index in [0.717, 1.165) is 10.9 Å². The van der Waals surface area contributed by atoms with Gasteiger partial charge in [-0.1, -0.05) is 32.0 Å². The van der Waals surface area contributed by atoms with Gasteiger partial charge >= 0.3 is 11.9 Å². The first-order valence-corrected chi connectivity index (χ1v) is 12.8. The van der Waals surface area contributed by atoms with Crippen LogP contribution in [-0.2, 0) is 30.4 Å². The normalized spacial score (nSPS) is 14.3. The van der Waals surface area contributed by atoms with Crippen molar-refractivity contribution in [3.05, 3.63) is 36.0 Å². The van der Waals surface area contributed by atoms with Gasteiger partial charge in [-0.2, -0.15) is 12.6 Å². The number of aromatic nitrogens is 1. The van der Waals surface area contributed by atoms with Crippen molar-refractivity contribution in [2.24, 2.45) is 11.7 Å². The molecule has 2 rings (SSSR count).